The fraction of sp³-hybridized carbons (Fsp3) is 0.462. The maximum Gasteiger partial charge on any atom is 0.294 e. The van der Waals surface area contributed by atoms with Crippen molar-refractivity contribution in [2.75, 3.05) is 0 Å². The predicted octanol–water partition coefficient (Wildman–Crippen LogP) is 1.22. The van der Waals surface area contributed by atoms with E-state index in [2.05, 4.69) is 4.98 Å². The van der Waals surface area contributed by atoms with Gasteiger partial charge in [0.1, 0.15) is 30.0 Å². The Morgan fingerprint density at radius 1 is 1.50 bits per heavy atom. The van der Waals surface area contributed by atoms with Crippen LogP contribution in [0.15, 0.2) is 28.9 Å². The van der Waals surface area contributed by atoms with Crippen LogP contribution in [0.3, 0.4) is 0 Å². The molecule has 0 radical (unpaired) electrons. The summed E-state index contributed by atoms with van der Waals surface area (Å²) in [6, 6.07) is 3.36. The van der Waals surface area contributed by atoms with Gasteiger partial charge in [-0.1, -0.05) is 0 Å². The molecule has 2 rings (SSSR count). The Kier molecular flexibility index (Phi) is 3.28. The van der Waals surface area contributed by atoms with Crippen LogP contribution in [-0.4, -0.2) is 15.2 Å². The summed E-state index contributed by atoms with van der Waals surface area (Å²) >= 11 is 0. The topological polar surface area (TPSA) is 73.3 Å². The molecule has 5 heteroatoms. The van der Waals surface area contributed by atoms with Crippen LogP contribution in [-0.2, 0) is 12.1 Å². The molecule has 2 unspecified atom stereocenters. The number of nitrogens with one attached hydrogen (secondary N) is 1. The van der Waals surface area contributed by atoms with Crippen molar-refractivity contribution in [3.8, 4) is 0 Å². The Morgan fingerprint density at radius 2 is 2.22 bits per heavy atom. The molecule has 0 amide bonds. The van der Waals surface area contributed by atoms with E-state index in [1.165, 1.54) is 0 Å². The summed E-state index contributed by atoms with van der Waals surface area (Å²) in [7, 11) is 0. The number of rotatable bonds is 4. The van der Waals surface area contributed by atoms with Crippen molar-refractivity contribution in [3.63, 3.8) is 0 Å². The van der Waals surface area contributed by atoms with Gasteiger partial charge in [-0.2, -0.15) is 0 Å². The summed E-state index contributed by atoms with van der Waals surface area (Å²) in [5, 5.41) is 20.1. The van der Waals surface area contributed by atoms with Gasteiger partial charge in [-0.3, -0.25) is 0 Å². The van der Waals surface area contributed by atoms with Gasteiger partial charge in [0.25, 0.3) is 5.82 Å². The van der Waals surface area contributed by atoms with E-state index in [0.717, 1.165) is 6.54 Å². The van der Waals surface area contributed by atoms with Crippen molar-refractivity contribution in [1.82, 2.24) is 4.98 Å². The van der Waals surface area contributed by atoms with Gasteiger partial charge >= 0.3 is 0 Å². The van der Waals surface area contributed by atoms with E-state index in [4.69, 9.17) is 4.42 Å². The first-order chi connectivity index (χ1) is 8.46. The van der Waals surface area contributed by atoms with Crippen LogP contribution in [0.2, 0.25) is 0 Å². The second-order valence-electron chi connectivity index (χ2n) is 4.54. The number of nitrogens with zero attached hydrogens (tertiary/aromatic N) is 1. The number of aliphatic hydroxyl groups excluding tert-OH is 1. The lowest BCUT2D eigenvalue weighted by Gasteiger charge is -2.16. The molecule has 2 aromatic rings. The van der Waals surface area contributed by atoms with E-state index in [1.807, 2.05) is 17.7 Å². The van der Waals surface area contributed by atoms with Gasteiger partial charge in [0.15, 0.2) is 0 Å². The maximum atomic E-state index is 10.6. The number of aliphatic hydroxyl groups is 2. The molecule has 98 valence electrons. The molecular formula is C13H19N2O3+. The Morgan fingerprint density at radius 3 is 2.78 bits per heavy atom. The standard InChI is InChI=1S/C13H18N2O3/c1-4-15-8-7-14-12(15)13(3,17)11-6-5-10(18-11)9(2)16/h5-9,16-17H,4H2,1-3H3/p+1. The number of H-pyrrole nitrogens is 1. The third-order valence-electron chi connectivity index (χ3n) is 3.08. The van der Waals surface area contributed by atoms with Crippen molar-refractivity contribution >= 4 is 0 Å². The van der Waals surface area contributed by atoms with Gasteiger partial charge in [-0.05, 0) is 32.9 Å². The molecule has 0 fully saturated rings. The molecule has 0 spiro atoms. The summed E-state index contributed by atoms with van der Waals surface area (Å²) < 4.78 is 7.41. The number of imidazole rings is 1. The van der Waals surface area contributed by atoms with E-state index in [1.54, 1.807) is 32.2 Å². The molecule has 0 saturated carbocycles. The van der Waals surface area contributed by atoms with Crippen LogP contribution in [0.4, 0.5) is 0 Å². The minimum atomic E-state index is -1.26. The van der Waals surface area contributed by atoms with Crippen LogP contribution in [0.5, 0.6) is 0 Å². The highest BCUT2D eigenvalue weighted by atomic mass is 16.4. The zero-order chi connectivity index (χ0) is 13.3. The molecule has 18 heavy (non-hydrogen) atoms. The molecule has 0 aliphatic rings. The summed E-state index contributed by atoms with van der Waals surface area (Å²) in [6.45, 7) is 6.03. The zero-order valence-electron chi connectivity index (χ0n) is 10.8. The molecule has 3 N–H and O–H groups in total. The molecule has 2 aromatic heterocycles. The Hall–Kier alpha value is -1.59. The normalized spacial score (nSPS) is 16.5. The molecule has 0 bridgehead atoms. The summed E-state index contributed by atoms with van der Waals surface area (Å²) in [5.74, 6) is 1.50. The monoisotopic (exact) mass is 251 g/mol. The lowest BCUT2D eigenvalue weighted by atomic mass is 10.0. The minimum absolute atomic E-state index is 0.406. The first-order valence-electron chi connectivity index (χ1n) is 6.04. The highest BCUT2D eigenvalue weighted by Gasteiger charge is 2.38. The molecule has 2 atom stereocenters. The van der Waals surface area contributed by atoms with Crippen LogP contribution in [0, 0.1) is 0 Å². The summed E-state index contributed by atoms with van der Waals surface area (Å²) in [4.78, 5) is 3.02. The van der Waals surface area contributed by atoms with Crippen molar-refractivity contribution < 1.29 is 19.2 Å². The van der Waals surface area contributed by atoms with Crippen LogP contribution in [0.25, 0.3) is 0 Å². The maximum absolute atomic E-state index is 10.6. The number of hydrogen-bond acceptors (Lipinski definition) is 3. The van der Waals surface area contributed by atoms with Crippen molar-refractivity contribution in [2.24, 2.45) is 0 Å². The Balaban J connectivity index is 2.40. The fourth-order valence-corrected chi connectivity index (χ4v) is 2.00. The largest absolute Gasteiger partial charge is 0.460 e. The first-order valence-corrected chi connectivity index (χ1v) is 6.04. The Labute approximate surface area is 106 Å². The van der Waals surface area contributed by atoms with Crippen LogP contribution < -0.4 is 4.57 Å². The van der Waals surface area contributed by atoms with Gasteiger partial charge in [0.2, 0.25) is 5.60 Å². The number of aromatic amines is 1. The third-order valence-corrected chi connectivity index (χ3v) is 3.08. The average Bonchev–Trinajstić information content (AvgIpc) is 2.98. The zero-order valence-corrected chi connectivity index (χ0v) is 10.8. The second kappa shape index (κ2) is 4.59. The Bertz CT molecular complexity index is 526. The van der Waals surface area contributed by atoms with Crippen molar-refractivity contribution in [3.05, 3.63) is 41.9 Å². The van der Waals surface area contributed by atoms with Gasteiger partial charge in [0, 0.05) is 0 Å². The summed E-state index contributed by atoms with van der Waals surface area (Å²) in [6.07, 6.45) is 2.95. The molecule has 0 aliphatic heterocycles. The average molecular weight is 251 g/mol. The number of aromatic nitrogens is 2. The molecule has 0 saturated heterocycles. The molecule has 0 aliphatic carbocycles. The predicted molar refractivity (Wildman–Crippen MR) is 64.7 cm³/mol. The van der Waals surface area contributed by atoms with Gasteiger partial charge < -0.3 is 14.6 Å². The minimum Gasteiger partial charge on any atom is -0.460 e. The van der Waals surface area contributed by atoms with E-state index < -0.39 is 11.7 Å². The van der Waals surface area contributed by atoms with Crippen molar-refractivity contribution in [1.29, 1.82) is 0 Å². The molecule has 2 heterocycles. The van der Waals surface area contributed by atoms with E-state index >= 15 is 0 Å². The highest BCUT2D eigenvalue weighted by molar-refractivity contribution is 5.20. The third kappa shape index (κ3) is 2.07. The van der Waals surface area contributed by atoms with Gasteiger partial charge in [-0.25, -0.2) is 9.55 Å². The molecule has 5 nitrogen and oxygen atoms in total. The van der Waals surface area contributed by atoms with Crippen molar-refractivity contribution in [2.45, 2.75) is 39.0 Å². The van der Waals surface area contributed by atoms with E-state index in [-0.39, 0.29) is 0 Å². The lowest BCUT2D eigenvalue weighted by Crippen LogP contribution is -2.43. The smallest absolute Gasteiger partial charge is 0.294 e. The fourth-order valence-electron chi connectivity index (χ4n) is 2.00. The SMILES string of the molecule is CC[n+]1cc[nH]c1C(C)(O)c1ccc(C(C)O)o1. The van der Waals surface area contributed by atoms with E-state index in [0.29, 0.717) is 17.3 Å². The number of hydrogen-bond donors (Lipinski definition) is 3. The number of furan rings is 1. The van der Waals surface area contributed by atoms with E-state index in [9.17, 15) is 10.2 Å². The van der Waals surface area contributed by atoms with Gasteiger partial charge in [0.05, 0.1) is 6.54 Å². The quantitative estimate of drug-likeness (QED) is 0.715. The summed E-state index contributed by atoms with van der Waals surface area (Å²) in [5.41, 5.74) is -1.26. The molecular weight excluding hydrogens is 232 g/mol. The molecule has 0 aromatic carbocycles. The van der Waals surface area contributed by atoms with Crippen LogP contribution in [0.1, 0.15) is 44.2 Å². The van der Waals surface area contributed by atoms with Gasteiger partial charge in [-0.15, -0.1) is 0 Å². The first kappa shape index (κ1) is 12.9. The second-order valence-corrected chi connectivity index (χ2v) is 4.54. The highest BCUT2D eigenvalue weighted by Crippen LogP contribution is 2.29. The van der Waals surface area contributed by atoms with Crippen LogP contribution >= 0.6 is 0 Å². The lowest BCUT2D eigenvalue weighted by molar-refractivity contribution is -0.705. The number of aryl methyl sites for hydroxylation is 1.